The number of sulfone groups is 1. The van der Waals surface area contributed by atoms with Crippen LogP contribution in [0.4, 0.5) is 0 Å². The quantitative estimate of drug-likeness (QED) is 0.368. The predicted octanol–water partition coefficient (Wildman–Crippen LogP) is 1.45. The maximum Gasteiger partial charge on any atom is 0.191 e. The summed E-state index contributed by atoms with van der Waals surface area (Å²) in [6.07, 6.45) is 1.64. The lowest BCUT2D eigenvalue weighted by atomic mass is 10.3. The third-order valence-corrected chi connectivity index (χ3v) is 4.26. The van der Waals surface area contributed by atoms with Gasteiger partial charge in [0, 0.05) is 19.3 Å². The Morgan fingerprint density at radius 2 is 1.92 bits per heavy atom. The number of para-hydroxylation sites is 2. The van der Waals surface area contributed by atoms with Crippen molar-refractivity contribution in [2.45, 2.75) is 26.4 Å². The van der Waals surface area contributed by atoms with Crippen LogP contribution in [0.3, 0.4) is 0 Å². The van der Waals surface area contributed by atoms with E-state index in [2.05, 4.69) is 15.6 Å². The van der Waals surface area contributed by atoms with Gasteiger partial charge in [0.25, 0.3) is 0 Å². The molecular weight excluding hydrogens is 342 g/mol. The van der Waals surface area contributed by atoms with Crippen molar-refractivity contribution in [3.05, 3.63) is 24.3 Å². The molecule has 0 aliphatic rings. The Morgan fingerprint density at radius 1 is 1.24 bits per heavy atom. The van der Waals surface area contributed by atoms with Crippen molar-refractivity contribution in [3.63, 3.8) is 0 Å². The van der Waals surface area contributed by atoms with Gasteiger partial charge in [-0.2, -0.15) is 0 Å². The van der Waals surface area contributed by atoms with Crippen molar-refractivity contribution in [1.82, 2.24) is 10.6 Å². The predicted molar refractivity (Wildman–Crippen MR) is 101 cm³/mol. The van der Waals surface area contributed by atoms with Crippen molar-refractivity contribution < 1.29 is 17.9 Å². The average Bonchev–Trinajstić information content (AvgIpc) is 2.56. The first-order chi connectivity index (χ1) is 11.9. The van der Waals surface area contributed by atoms with Gasteiger partial charge >= 0.3 is 0 Å². The van der Waals surface area contributed by atoms with Crippen molar-refractivity contribution in [2.75, 3.05) is 38.8 Å². The Morgan fingerprint density at radius 3 is 2.52 bits per heavy atom. The first-order valence-electron chi connectivity index (χ1n) is 8.35. The number of guanidine groups is 1. The van der Waals surface area contributed by atoms with Crippen molar-refractivity contribution in [3.8, 4) is 11.5 Å². The molecule has 0 saturated carbocycles. The molecule has 0 aromatic heterocycles. The molecule has 25 heavy (non-hydrogen) atoms. The summed E-state index contributed by atoms with van der Waals surface area (Å²) in [5, 5.41) is 6.26. The van der Waals surface area contributed by atoms with Crippen LogP contribution in [0, 0.1) is 0 Å². The van der Waals surface area contributed by atoms with E-state index in [4.69, 9.17) is 9.47 Å². The second-order valence-corrected chi connectivity index (χ2v) is 7.97. The maximum absolute atomic E-state index is 11.1. The molecule has 1 aromatic carbocycles. The number of benzene rings is 1. The molecule has 0 saturated heterocycles. The number of hydrogen-bond acceptors (Lipinski definition) is 5. The molecule has 0 aliphatic heterocycles. The summed E-state index contributed by atoms with van der Waals surface area (Å²) in [5.41, 5.74) is 0. The highest BCUT2D eigenvalue weighted by Crippen LogP contribution is 2.26. The van der Waals surface area contributed by atoms with Crippen LogP contribution in [0.1, 0.15) is 20.3 Å². The molecule has 142 valence electrons. The lowest BCUT2D eigenvalue weighted by Crippen LogP contribution is -2.39. The zero-order valence-electron chi connectivity index (χ0n) is 15.4. The molecule has 0 radical (unpaired) electrons. The molecule has 8 heteroatoms. The molecule has 0 heterocycles. The smallest absolute Gasteiger partial charge is 0.191 e. The number of rotatable bonds is 10. The molecule has 1 rings (SSSR count). The molecule has 1 aromatic rings. The van der Waals surface area contributed by atoms with Crippen molar-refractivity contribution in [1.29, 1.82) is 0 Å². The standard InChI is InChI=1S/C17H29N3O4S/c1-5-18-17(19-11-8-12-25(4,21)22)20-13-14(2)24-16-10-7-6-9-15(16)23-3/h6-7,9-10,14H,5,8,11-13H2,1-4H3,(H2,18,19,20). The molecule has 1 unspecified atom stereocenters. The van der Waals surface area contributed by atoms with Crippen molar-refractivity contribution in [2.24, 2.45) is 4.99 Å². The minimum absolute atomic E-state index is 0.136. The summed E-state index contributed by atoms with van der Waals surface area (Å²) < 4.78 is 33.4. The molecule has 0 spiro atoms. The third-order valence-electron chi connectivity index (χ3n) is 3.23. The summed E-state index contributed by atoms with van der Waals surface area (Å²) in [4.78, 5) is 4.48. The fourth-order valence-electron chi connectivity index (χ4n) is 2.07. The summed E-state index contributed by atoms with van der Waals surface area (Å²) in [7, 11) is -1.33. The van der Waals surface area contributed by atoms with E-state index in [0.717, 1.165) is 6.54 Å². The van der Waals surface area contributed by atoms with Crippen molar-refractivity contribution >= 4 is 15.8 Å². The molecule has 0 fully saturated rings. The average molecular weight is 372 g/mol. The second-order valence-electron chi connectivity index (χ2n) is 5.71. The van der Waals surface area contributed by atoms with E-state index in [1.807, 2.05) is 38.1 Å². The van der Waals surface area contributed by atoms with E-state index < -0.39 is 9.84 Å². The van der Waals surface area contributed by atoms with Crippen LogP contribution in [0.5, 0.6) is 11.5 Å². The van der Waals surface area contributed by atoms with E-state index in [9.17, 15) is 8.42 Å². The Labute approximate surface area is 150 Å². The Bertz CT molecular complexity index is 647. The highest BCUT2D eigenvalue weighted by atomic mass is 32.2. The number of methoxy groups -OCH3 is 1. The van der Waals surface area contributed by atoms with Gasteiger partial charge in [0.2, 0.25) is 0 Å². The third kappa shape index (κ3) is 9.19. The van der Waals surface area contributed by atoms with Crippen LogP contribution in [0.25, 0.3) is 0 Å². The van der Waals surface area contributed by atoms with Gasteiger partial charge < -0.3 is 20.1 Å². The summed E-state index contributed by atoms with van der Waals surface area (Å²) in [6, 6.07) is 7.48. The highest BCUT2D eigenvalue weighted by molar-refractivity contribution is 7.90. The Balaban J connectivity index is 2.52. The second kappa shape index (κ2) is 10.8. The first kappa shape index (κ1) is 21.1. The zero-order chi connectivity index (χ0) is 18.7. The van der Waals surface area contributed by atoms with Crippen LogP contribution in [0.15, 0.2) is 29.3 Å². The molecular formula is C17H29N3O4S. The Hall–Kier alpha value is -1.96. The van der Waals surface area contributed by atoms with Crippen LogP contribution in [-0.4, -0.2) is 59.2 Å². The van der Waals surface area contributed by atoms with E-state index in [1.54, 1.807) is 7.11 Å². The number of nitrogens with one attached hydrogen (secondary N) is 2. The van der Waals surface area contributed by atoms with Crippen LogP contribution >= 0.6 is 0 Å². The van der Waals surface area contributed by atoms with Gasteiger partial charge in [0.1, 0.15) is 15.9 Å². The summed E-state index contributed by atoms with van der Waals surface area (Å²) in [6.45, 7) is 5.63. The van der Waals surface area contributed by atoms with Gasteiger partial charge in [-0.15, -0.1) is 0 Å². The number of nitrogens with zero attached hydrogens (tertiary/aromatic N) is 1. The van der Waals surface area contributed by atoms with Gasteiger partial charge in [0.05, 0.1) is 19.4 Å². The van der Waals surface area contributed by atoms with Gasteiger partial charge in [-0.05, 0) is 32.4 Å². The number of ether oxygens (including phenoxy) is 2. The number of aliphatic imine (C=N–C) groups is 1. The largest absolute Gasteiger partial charge is 0.493 e. The monoisotopic (exact) mass is 371 g/mol. The fourth-order valence-corrected chi connectivity index (χ4v) is 2.74. The molecule has 0 bridgehead atoms. The minimum atomic E-state index is -2.93. The van der Waals surface area contributed by atoms with Gasteiger partial charge in [-0.3, -0.25) is 0 Å². The van der Waals surface area contributed by atoms with E-state index in [0.29, 0.717) is 37.0 Å². The number of hydrogen-bond donors (Lipinski definition) is 2. The molecule has 1 atom stereocenters. The van der Waals surface area contributed by atoms with E-state index in [-0.39, 0.29) is 11.9 Å². The topological polar surface area (TPSA) is 89.0 Å². The lowest BCUT2D eigenvalue weighted by molar-refractivity contribution is 0.219. The summed E-state index contributed by atoms with van der Waals surface area (Å²) in [5.74, 6) is 2.17. The lowest BCUT2D eigenvalue weighted by Gasteiger charge is -2.16. The molecule has 7 nitrogen and oxygen atoms in total. The fraction of sp³-hybridized carbons (Fsp3) is 0.588. The normalized spacial score (nSPS) is 13.2. The van der Waals surface area contributed by atoms with Gasteiger partial charge in [-0.25, -0.2) is 13.4 Å². The van der Waals surface area contributed by atoms with Gasteiger partial charge in [-0.1, -0.05) is 12.1 Å². The molecule has 0 amide bonds. The first-order valence-corrected chi connectivity index (χ1v) is 10.4. The SMILES string of the molecule is CCNC(=NCC(C)Oc1ccccc1OC)NCCCS(C)(=O)=O. The summed E-state index contributed by atoms with van der Waals surface area (Å²) >= 11 is 0. The van der Waals surface area contributed by atoms with E-state index in [1.165, 1.54) is 6.26 Å². The van der Waals surface area contributed by atoms with Crippen LogP contribution in [0.2, 0.25) is 0 Å². The van der Waals surface area contributed by atoms with Crippen LogP contribution in [-0.2, 0) is 9.84 Å². The van der Waals surface area contributed by atoms with Crippen LogP contribution < -0.4 is 20.1 Å². The highest BCUT2D eigenvalue weighted by Gasteiger charge is 2.09. The molecule has 2 N–H and O–H groups in total. The van der Waals surface area contributed by atoms with Gasteiger partial charge in [0.15, 0.2) is 17.5 Å². The zero-order valence-corrected chi connectivity index (χ0v) is 16.2. The Kier molecular flexibility index (Phi) is 9.12. The molecule has 0 aliphatic carbocycles. The van der Waals surface area contributed by atoms with E-state index >= 15 is 0 Å². The minimum Gasteiger partial charge on any atom is -0.493 e. The maximum atomic E-state index is 11.1.